The van der Waals surface area contributed by atoms with Crippen molar-refractivity contribution in [2.24, 2.45) is 22.7 Å². The van der Waals surface area contributed by atoms with Crippen LogP contribution in [0.5, 0.6) is 0 Å². The molecule has 0 saturated heterocycles. The number of allylic oxidation sites excluding steroid dienone is 4. The Labute approximate surface area is 175 Å². The van der Waals surface area contributed by atoms with E-state index in [1.807, 2.05) is 0 Å². The Morgan fingerprint density at radius 3 is 2.63 bits per heavy atom. The van der Waals surface area contributed by atoms with Gasteiger partial charge in [0.05, 0.1) is 6.10 Å². The Morgan fingerprint density at radius 1 is 1.27 bits per heavy atom. The zero-order valence-electron chi connectivity index (χ0n) is 17.6. The van der Waals surface area contributed by atoms with Crippen LogP contribution in [0.1, 0.15) is 52.9 Å². The second kappa shape index (κ2) is 6.57. The van der Waals surface area contributed by atoms with E-state index in [9.17, 15) is 24.6 Å². The van der Waals surface area contributed by atoms with E-state index in [1.54, 1.807) is 19.9 Å². The fourth-order valence-corrected chi connectivity index (χ4v) is 6.96. The number of hydrogen-bond acceptors (Lipinski definition) is 6. The van der Waals surface area contributed by atoms with Crippen molar-refractivity contribution < 1.29 is 33.7 Å². The molecular formula is C23H29FO6. The van der Waals surface area contributed by atoms with Gasteiger partial charge in [0.15, 0.2) is 18.1 Å². The molecule has 0 aliphatic heterocycles. The smallest absolute Gasteiger partial charge is 0.303 e. The minimum Gasteiger partial charge on any atom is -0.458 e. The average molecular weight is 420 g/mol. The van der Waals surface area contributed by atoms with Gasteiger partial charge in [-0.15, -0.1) is 0 Å². The van der Waals surface area contributed by atoms with Crippen LogP contribution in [0.3, 0.4) is 0 Å². The molecule has 4 aliphatic carbocycles. The van der Waals surface area contributed by atoms with Crippen molar-refractivity contribution in [1.29, 1.82) is 0 Å². The number of aliphatic hydroxyl groups is 2. The highest BCUT2D eigenvalue weighted by molar-refractivity contribution is 6.01. The highest BCUT2D eigenvalue weighted by Crippen LogP contribution is 2.69. The molecule has 30 heavy (non-hydrogen) atoms. The van der Waals surface area contributed by atoms with Gasteiger partial charge in [0.25, 0.3) is 0 Å². The molecule has 4 rings (SSSR count). The summed E-state index contributed by atoms with van der Waals surface area (Å²) >= 11 is 0. The van der Waals surface area contributed by atoms with Crippen LogP contribution in [-0.4, -0.2) is 51.7 Å². The Bertz CT molecular complexity index is 879. The molecule has 4 aliphatic rings. The van der Waals surface area contributed by atoms with E-state index in [4.69, 9.17) is 4.74 Å². The van der Waals surface area contributed by atoms with E-state index in [2.05, 4.69) is 0 Å². The van der Waals surface area contributed by atoms with Crippen molar-refractivity contribution in [3.8, 4) is 0 Å². The van der Waals surface area contributed by atoms with Gasteiger partial charge in [-0.1, -0.05) is 18.6 Å². The Balaban J connectivity index is 1.72. The number of ether oxygens (including phenoxy) is 1. The Hall–Kier alpha value is -1.86. The molecule has 7 atom stereocenters. The van der Waals surface area contributed by atoms with Gasteiger partial charge in [0.2, 0.25) is 5.78 Å². The monoisotopic (exact) mass is 420 g/mol. The van der Waals surface area contributed by atoms with Crippen LogP contribution in [0.2, 0.25) is 0 Å². The maximum absolute atomic E-state index is 16.9. The molecule has 0 aromatic carbocycles. The standard InChI is InChI=1S/C23H29FO6/c1-13(25)30-12-19(28)22(29)9-7-16-17-5-4-14-10-15(26)6-8-20(14,2)23(17,24)18(27)11-21(16,22)3/h6,8,10,16-18,27,29H,4-5,7,9,11-12H2,1-3H3/t16?,17?,18-,20?,21?,22?,23-/m0/s1. The third-order valence-corrected chi connectivity index (χ3v) is 8.66. The quantitative estimate of drug-likeness (QED) is 0.679. The van der Waals surface area contributed by atoms with Gasteiger partial charge in [-0.2, -0.15) is 0 Å². The third kappa shape index (κ3) is 2.51. The van der Waals surface area contributed by atoms with Gasteiger partial charge in [-0.05, 0) is 57.1 Å². The summed E-state index contributed by atoms with van der Waals surface area (Å²) in [6.07, 6.45) is 4.47. The van der Waals surface area contributed by atoms with E-state index in [1.165, 1.54) is 19.1 Å². The zero-order chi connectivity index (χ0) is 22.1. The lowest BCUT2D eigenvalue weighted by Gasteiger charge is -2.62. The number of carbonyl (C=O) groups is 3. The highest BCUT2D eigenvalue weighted by atomic mass is 19.1. The predicted molar refractivity (Wildman–Crippen MR) is 105 cm³/mol. The van der Waals surface area contributed by atoms with Crippen LogP contribution in [0, 0.1) is 22.7 Å². The number of Topliss-reactive ketones (excluding diaryl/α,β-unsaturated/α-hetero) is 1. The van der Waals surface area contributed by atoms with Gasteiger partial charge in [-0.3, -0.25) is 14.4 Å². The Kier molecular flexibility index (Phi) is 4.68. The summed E-state index contributed by atoms with van der Waals surface area (Å²) in [5.41, 5.74) is -5.23. The molecule has 0 spiro atoms. The summed E-state index contributed by atoms with van der Waals surface area (Å²) in [6, 6.07) is 0. The molecule has 0 heterocycles. The first-order valence-electron chi connectivity index (χ1n) is 10.6. The van der Waals surface area contributed by atoms with Gasteiger partial charge < -0.3 is 14.9 Å². The van der Waals surface area contributed by atoms with E-state index in [-0.39, 0.29) is 24.5 Å². The molecule has 0 aromatic rings. The van der Waals surface area contributed by atoms with Crippen LogP contribution in [-0.2, 0) is 19.1 Å². The molecule has 3 fully saturated rings. The fourth-order valence-electron chi connectivity index (χ4n) is 6.96. The molecular weight excluding hydrogens is 391 g/mol. The number of rotatable bonds is 3. The molecule has 0 bridgehead atoms. The first-order valence-corrected chi connectivity index (χ1v) is 10.6. The van der Waals surface area contributed by atoms with Crippen LogP contribution < -0.4 is 0 Å². The van der Waals surface area contributed by atoms with Crippen LogP contribution in [0.25, 0.3) is 0 Å². The molecule has 7 heteroatoms. The zero-order valence-corrected chi connectivity index (χ0v) is 17.6. The minimum atomic E-state index is -2.00. The van der Waals surface area contributed by atoms with Crippen LogP contribution >= 0.6 is 0 Å². The largest absolute Gasteiger partial charge is 0.458 e. The van der Waals surface area contributed by atoms with Gasteiger partial charge in [0.1, 0.15) is 5.60 Å². The van der Waals surface area contributed by atoms with E-state index in [0.29, 0.717) is 24.8 Å². The Morgan fingerprint density at radius 2 is 1.97 bits per heavy atom. The van der Waals surface area contributed by atoms with Gasteiger partial charge in [-0.25, -0.2) is 4.39 Å². The first kappa shape index (κ1) is 21.4. The van der Waals surface area contributed by atoms with E-state index >= 15 is 4.39 Å². The molecule has 0 amide bonds. The van der Waals surface area contributed by atoms with Crippen LogP contribution in [0.15, 0.2) is 23.8 Å². The molecule has 3 saturated carbocycles. The lowest BCUT2D eigenvalue weighted by atomic mass is 9.44. The number of ketones is 2. The molecule has 0 aromatic heterocycles. The molecule has 6 nitrogen and oxygen atoms in total. The summed E-state index contributed by atoms with van der Waals surface area (Å²) < 4.78 is 21.7. The van der Waals surface area contributed by atoms with Crippen molar-refractivity contribution >= 4 is 17.5 Å². The summed E-state index contributed by atoms with van der Waals surface area (Å²) in [7, 11) is 0. The SMILES string of the molecule is CC(=O)OCC(=O)C1(O)CCC2C3CCC4=CC(=O)C=CC4(C)[C@@]3(F)[C@@H](O)CC21C. The number of fused-ring (bicyclic) bond motifs is 5. The highest BCUT2D eigenvalue weighted by Gasteiger charge is 2.74. The van der Waals surface area contributed by atoms with E-state index < -0.39 is 52.5 Å². The summed E-state index contributed by atoms with van der Waals surface area (Å²) in [6.45, 7) is 4.12. The topological polar surface area (TPSA) is 101 Å². The maximum atomic E-state index is 16.9. The lowest BCUT2D eigenvalue weighted by Crippen LogP contribution is -2.69. The van der Waals surface area contributed by atoms with Crippen LogP contribution in [0.4, 0.5) is 4.39 Å². The number of esters is 1. The van der Waals surface area contributed by atoms with Crippen molar-refractivity contribution in [2.45, 2.75) is 70.2 Å². The normalized spacial score (nSPS) is 47.1. The second-order valence-corrected chi connectivity index (χ2v) is 9.87. The second-order valence-electron chi connectivity index (χ2n) is 9.87. The van der Waals surface area contributed by atoms with Gasteiger partial charge >= 0.3 is 5.97 Å². The summed E-state index contributed by atoms with van der Waals surface area (Å²) in [5.74, 6) is -2.28. The number of carbonyl (C=O) groups excluding carboxylic acids is 3. The number of alkyl halides is 1. The van der Waals surface area contributed by atoms with Crippen molar-refractivity contribution in [1.82, 2.24) is 0 Å². The minimum absolute atomic E-state index is 0.0857. The maximum Gasteiger partial charge on any atom is 0.303 e. The third-order valence-electron chi connectivity index (χ3n) is 8.66. The van der Waals surface area contributed by atoms with E-state index in [0.717, 1.165) is 0 Å². The summed E-state index contributed by atoms with van der Waals surface area (Å²) in [4.78, 5) is 35.8. The first-order chi connectivity index (χ1) is 13.9. The number of hydrogen-bond donors (Lipinski definition) is 2. The molecule has 0 radical (unpaired) electrons. The van der Waals surface area contributed by atoms with Gasteiger partial charge in [0, 0.05) is 23.7 Å². The number of halogens is 1. The molecule has 5 unspecified atom stereocenters. The average Bonchev–Trinajstić information content (AvgIpc) is 2.94. The van der Waals surface area contributed by atoms with Crippen molar-refractivity contribution in [3.63, 3.8) is 0 Å². The molecule has 2 N–H and O–H groups in total. The lowest BCUT2D eigenvalue weighted by molar-refractivity contribution is -0.217. The predicted octanol–water partition coefficient (Wildman–Crippen LogP) is 2.22. The molecule has 164 valence electrons. The van der Waals surface area contributed by atoms with Crippen molar-refractivity contribution in [3.05, 3.63) is 23.8 Å². The number of aliphatic hydroxyl groups excluding tert-OH is 1. The van der Waals surface area contributed by atoms with Crippen molar-refractivity contribution in [2.75, 3.05) is 6.61 Å². The summed E-state index contributed by atoms with van der Waals surface area (Å²) in [5, 5.41) is 22.6. The fraction of sp³-hybridized carbons (Fsp3) is 0.696.